The van der Waals surface area contributed by atoms with Crippen LogP contribution in [-0.4, -0.2) is 17.0 Å². The number of carbonyl (C=O) groups is 2. The van der Waals surface area contributed by atoms with Gasteiger partial charge in [-0.1, -0.05) is 51.5 Å². The van der Waals surface area contributed by atoms with Gasteiger partial charge >= 0.3 is 5.97 Å². The smallest absolute Gasteiger partial charge is 0.335 e. The quantitative estimate of drug-likeness (QED) is 0.479. The molecule has 0 spiro atoms. The van der Waals surface area contributed by atoms with Crippen LogP contribution >= 0.6 is 0 Å². The first-order valence-electron chi connectivity index (χ1n) is 7.92. The van der Waals surface area contributed by atoms with E-state index in [2.05, 4.69) is 12.4 Å². The molecule has 1 aromatic carbocycles. The van der Waals surface area contributed by atoms with Crippen LogP contribution < -0.4 is 10.3 Å². The maximum absolute atomic E-state index is 11.6. The fourth-order valence-corrected chi connectivity index (χ4v) is 2.10. The topological polar surface area (TPSA) is 75.6 Å². The van der Waals surface area contributed by atoms with E-state index in [0.29, 0.717) is 12.2 Å². The van der Waals surface area contributed by atoms with E-state index in [1.807, 2.05) is 0 Å². The van der Waals surface area contributed by atoms with Crippen molar-refractivity contribution in [1.29, 1.82) is 0 Å². The zero-order chi connectivity index (χ0) is 16.2. The molecule has 0 fully saturated rings. The summed E-state index contributed by atoms with van der Waals surface area (Å²) < 4.78 is 0. The number of hydrogen-bond acceptors (Lipinski definition) is 3. The number of aromatic carboxylic acids is 1. The number of rotatable bonds is 11. The first kappa shape index (κ1) is 18.0. The Labute approximate surface area is 131 Å². The normalized spacial score (nSPS) is 10.2. The standard InChI is InChI=1S/C17H25NO4/c1-2-3-4-5-6-7-8-12-16(19)18-22-15-11-9-10-14(13-15)17(20)21/h9-11,13H,2-8,12H2,1H3,(H,18,19)(H,20,21). The molecule has 0 aliphatic heterocycles. The number of hydroxylamine groups is 1. The van der Waals surface area contributed by atoms with E-state index in [9.17, 15) is 9.59 Å². The van der Waals surface area contributed by atoms with Crippen molar-refractivity contribution >= 4 is 11.9 Å². The van der Waals surface area contributed by atoms with E-state index in [4.69, 9.17) is 9.94 Å². The van der Waals surface area contributed by atoms with Gasteiger partial charge in [0.15, 0.2) is 5.75 Å². The number of carbonyl (C=O) groups excluding carboxylic acids is 1. The summed E-state index contributed by atoms with van der Waals surface area (Å²) in [6, 6.07) is 6.01. The van der Waals surface area contributed by atoms with Gasteiger partial charge in [0.25, 0.3) is 5.91 Å². The summed E-state index contributed by atoms with van der Waals surface area (Å²) in [5.74, 6) is -0.901. The van der Waals surface area contributed by atoms with Crippen molar-refractivity contribution in [3.8, 4) is 5.75 Å². The van der Waals surface area contributed by atoms with Crippen LogP contribution in [0, 0.1) is 0 Å². The summed E-state index contributed by atoms with van der Waals surface area (Å²) >= 11 is 0. The number of unbranched alkanes of at least 4 members (excludes halogenated alkanes) is 6. The number of carboxylic acid groups (broad SMARTS) is 1. The molecule has 0 saturated carbocycles. The molecule has 0 radical (unpaired) electrons. The lowest BCUT2D eigenvalue weighted by molar-refractivity contribution is -0.127. The molecule has 1 amide bonds. The van der Waals surface area contributed by atoms with Crippen molar-refractivity contribution in [3.63, 3.8) is 0 Å². The Morgan fingerprint density at radius 1 is 1.09 bits per heavy atom. The molecule has 0 aliphatic rings. The predicted octanol–water partition coefficient (Wildman–Crippen LogP) is 3.94. The van der Waals surface area contributed by atoms with Crippen molar-refractivity contribution in [3.05, 3.63) is 29.8 Å². The molecular formula is C17H25NO4. The highest BCUT2D eigenvalue weighted by Gasteiger charge is 2.06. The summed E-state index contributed by atoms with van der Waals surface area (Å²) in [6.07, 6.45) is 8.50. The third kappa shape index (κ3) is 7.67. The predicted molar refractivity (Wildman–Crippen MR) is 84.8 cm³/mol. The molecule has 1 rings (SSSR count). The van der Waals surface area contributed by atoms with Crippen molar-refractivity contribution in [1.82, 2.24) is 5.48 Å². The van der Waals surface area contributed by atoms with Crippen LogP contribution in [-0.2, 0) is 4.79 Å². The fourth-order valence-electron chi connectivity index (χ4n) is 2.10. The monoisotopic (exact) mass is 307 g/mol. The maximum Gasteiger partial charge on any atom is 0.335 e. The van der Waals surface area contributed by atoms with Crippen molar-refractivity contribution in [2.45, 2.75) is 58.3 Å². The largest absolute Gasteiger partial charge is 0.478 e. The Balaban J connectivity index is 2.15. The average Bonchev–Trinajstić information content (AvgIpc) is 2.52. The van der Waals surface area contributed by atoms with E-state index in [0.717, 1.165) is 19.3 Å². The summed E-state index contributed by atoms with van der Waals surface area (Å²) in [5, 5.41) is 8.86. The highest BCUT2D eigenvalue weighted by molar-refractivity contribution is 5.88. The number of hydrogen-bond donors (Lipinski definition) is 2. The zero-order valence-electron chi connectivity index (χ0n) is 13.1. The van der Waals surface area contributed by atoms with Gasteiger partial charge in [-0.25, -0.2) is 4.79 Å². The summed E-state index contributed by atoms with van der Waals surface area (Å²) in [6.45, 7) is 2.19. The number of nitrogens with one attached hydrogen (secondary N) is 1. The molecule has 0 bridgehead atoms. The summed E-state index contributed by atoms with van der Waals surface area (Å²) in [5.41, 5.74) is 2.47. The van der Waals surface area contributed by atoms with Crippen LogP contribution in [0.1, 0.15) is 68.6 Å². The van der Waals surface area contributed by atoms with E-state index < -0.39 is 5.97 Å². The van der Waals surface area contributed by atoms with Crippen LogP contribution in [0.3, 0.4) is 0 Å². The molecule has 1 aromatic rings. The minimum absolute atomic E-state index is 0.124. The van der Waals surface area contributed by atoms with Crippen molar-refractivity contribution < 1.29 is 19.5 Å². The third-order valence-electron chi connectivity index (χ3n) is 3.37. The average molecular weight is 307 g/mol. The number of carboxylic acids is 1. The highest BCUT2D eigenvalue weighted by atomic mass is 16.7. The lowest BCUT2D eigenvalue weighted by Crippen LogP contribution is -2.26. The molecule has 0 saturated heterocycles. The number of amides is 1. The van der Waals surface area contributed by atoms with E-state index >= 15 is 0 Å². The van der Waals surface area contributed by atoms with Crippen LogP contribution in [0.4, 0.5) is 0 Å². The van der Waals surface area contributed by atoms with Gasteiger partial charge in [0, 0.05) is 6.42 Å². The lowest BCUT2D eigenvalue weighted by atomic mass is 10.1. The molecule has 5 nitrogen and oxygen atoms in total. The first-order valence-corrected chi connectivity index (χ1v) is 7.92. The summed E-state index contributed by atoms with van der Waals surface area (Å²) in [4.78, 5) is 27.5. The molecule has 0 heterocycles. The second kappa shape index (κ2) is 10.7. The zero-order valence-corrected chi connectivity index (χ0v) is 13.1. The van der Waals surface area contributed by atoms with Gasteiger partial charge in [-0.15, -0.1) is 0 Å². The van der Waals surface area contributed by atoms with Crippen molar-refractivity contribution in [2.75, 3.05) is 0 Å². The van der Waals surface area contributed by atoms with Gasteiger partial charge in [-0.3, -0.25) is 4.79 Å². The van der Waals surface area contributed by atoms with Gasteiger partial charge < -0.3 is 9.94 Å². The molecule has 0 aromatic heterocycles. The maximum atomic E-state index is 11.6. The molecule has 2 N–H and O–H groups in total. The second-order valence-corrected chi connectivity index (χ2v) is 5.33. The first-order chi connectivity index (χ1) is 10.6. The fraction of sp³-hybridized carbons (Fsp3) is 0.529. The molecule has 0 atom stereocenters. The van der Waals surface area contributed by atoms with Crippen LogP contribution in [0.5, 0.6) is 5.75 Å². The van der Waals surface area contributed by atoms with E-state index in [1.54, 1.807) is 12.1 Å². The Kier molecular flexibility index (Phi) is 8.72. The Morgan fingerprint density at radius 2 is 1.77 bits per heavy atom. The van der Waals surface area contributed by atoms with Gasteiger partial charge in [-0.2, -0.15) is 5.48 Å². The lowest BCUT2D eigenvalue weighted by Gasteiger charge is -2.07. The number of benzene rings is 1. The molecule has 122 valence electrons. The minimum atomic E-state index is -1.03. The Hall–Kier alpha value is -2.04. The molecule has 5 heteroatoms. The van der Waals surface area contributed by atoms with Crippen LogP contribution in [0.2, 0.25) is 0 Å². The molecule has 0 aliphatic carbocycles. The third-order valence-corrected chi connectivity index (χ3v) is 3.37. The van der Waals surface area contributed by atoms with E-state index in [1.165, 1.54) is 37.8 Å². The van der Waals surface area contributed by atoms with Gasteiger partial charge in [-0.05, 0) is 24.6 Å². The van der Waals surface area contributed by atoms with Crippen LogP contribution in [0.15, 0.2) is 24.3 Å². The molecule has 0 unspecified atom stereocenters. The van der Waals surface area contributed by atoms with Gasteiger partial charge in [0.2, 0.25) is 0 Å². The Morgan fingerprint density at radius 3 is 2.45 bits per heavy atom. The molecular weight excluding hydrogens is 282 g/mol. The van der Waals surface area contributed by atoms with Gasteiger partial charge in [0.1, 0.15) is 0 Å². The van der Waals surface area contributed by atoms with Crippen LogP contribution in [0.25, 0.3) is 0 Å². The molecule has 22 heavy (non-hydrogen) atoms. The van der Waals surface area contributed by atoms with E-state index in [-0.39, 0.29) is 11.5 Å². The van der Waals surface area contributed by atoms with Gasteiger partial charge in [0.05, 0.1) is 5.56 Å². The highest BCUT2D eigenvalue weighted by Crippen LogP contribution is 2.12. The SMILES string of the molecule is CCCCCCCCCC(=O)NOc1cccc(C(=O)O)c1. The minimum Gasteiger partial charge on any atom is -0.478 e. The summed E-state index contributed by atoms with van der Waals surface area (Å²) in [7, 11) is 0. The van der Waals surface area contributed by atoms with Crippen molar-refractivity contribution in [2.24, 2.45) is 0 Å². The second-order valence-electron chi connectivity index (χ2n) is 5.33. The Bertz CT molecular complexity index is 473.